The Bertz CT molecular complexity index is 544. The molecule has 0 aliphatic carbocycles. The zero-order valence-corrected chi connectivity index (χ0v) is 23.6. The molecule has 0 aromatic carbocycles. The van der Waals surface area contributed by atoms with Crippen molar-refractivity contribution in [2.24, 2.45) is 5.92 Å². The summed E-state index contributed by atoms with van der Waals surface area (Å²) in [5.74, 6) is 0.647. The molecule has 0 aromatic rings. The van der Waals surface area contributed by atoms with E-state index in [9.17, 15) is 14.3 Å². The van der Waals surface area contributed by atoms with Crippen molar-refractivity contribution in [1.29, 1.82) is 0 Å². The van der Waals surface area contributed by atoms with Crippen molar-refractivity contribution >= 4 is 14.1 Å². The maximum Gasteiger partial charge on any atom is 0.329 e. The van der Waals surface area contributed by atoms with Crippen LogP contribution < -0.4 is 0 Å². The number of ether oxygens (including phenoxy) is 2. The van der Waals surface area contributed by atoms with Gasteiger partial charge in [-0.2, -0.15) is 0 Å². The molecule has 208 valence electrons. The van der Waals surface area contributed by atoms with Crippen molar-refractivity contribution in [2.45, 2.75) is 116 Å². The number of hydrogen-bond acceptors (Lipinski definition) is 6. The highest BCUT2D eigenvalue weighted by Crippen LogP contribution is 2.41. The molecule has 1 saturated heterocycles. The van der Waals surface area contributed by atoms with Crippen molar-refractivity contribution in [2.75, 3.05) is 45.6 Å². The van der Waals surface area contributed by atoms with Gasteiger partial charge in [0.2, 0.25) is 0 Å². The van der Waals surface area contributed by atoms with Crippen LogP contribution in [0.15, 0.2) is 0 Å². The Labute approximate surface area is 215 Å². The van der Waals surface area contributed by atoms with Gasteiger partial charge in [-0.1, -0.05) is 90.9 Å². The van der Waals surface area contributed by atoms with Crippen LogP contribution in [0.25, 0.3) is 0 Å². The number of likely N-dealkylation sites (tertiary alicyclic amines) is 1. The highest BCUT2D eigenvalue weighted by atomic mass is 31.2. The summed E-state index contributed by atoms with van der Waals surface area (Å²) in [7, 11) is -3.71. The number of hydrogen-bond donors (Lipinski definition) is 1. The number of nitrogens with zero attached hydrogens (tertiary/aromatic N) is 1. The first-order valence-corrected chi connectivity index (χ1v) is 16.1. The molecule has 1 aliphatic heterocycles. The molecule has 0 bridgehead atoms. The van der Waals surface area contributed by atoms with Gasteiger partial charge in [0.05, 0.1) is 19.4 Å². The molecule has 3 unspecified atom stereocenters. The summed E-state index contributed by atoms with van der Waals surface area (Å²) in [6.07, 6.45) is 18.6. The first-order chi connectivity index (χ1) is 17.0. The monoisotopic (exact) mass is 519 g/mol. The lowest BCUT2D eigenvalue weighted by atomic mass is 9.95. The largest absolute Gasteiger partial charge is 0.460 e. The molecule has 7 nitrogen and oxygen atoms in total. The maximum atomic E-state index is 12.3. The maximum absolute atomic E-state index is 12.3. The SMILES string of the molecule is CCCCCCCCCCCCC(CC)CCOCC(COP(=O)(O)CCN1CCCC1)OC=O. The van der Waals surface area contributed by atoms with E-state index in [0.29, 0.717) is 25.5 Å². The predicted molar refractivity (Wildman–Crippen MR) is 143 cm³/mol. The smallest absolute Gasteiger partial charge is 0.329 e. The van der Waals surface area contributed by atoms with E-state index in [1.807, 2.05) is 0 Å². The van der Waals surface area contributed by atoms with Gasteiger partial charge in [0.25, 0.3) is 6.47 Å². The van der Waals surface area contributed by atoms with Crippen LogP contribution in [0.3, 0.4) is 0 Å². The van der Waals surface area contributed by atoms with Gasteiger partial charge in [-0.05, 0) is 38.3 Å². The summed E-state index contributed by atoms with van der Waals surface area (Å²) in [6.45, 7) is 8.01. The Morgan fingerprint density at radius 3 is 2.14 bits per heavy atom. The van der Waals surface area contributed by atoms with Gasteiger partial charge >= 0.3 is 7.60 Å². The van der Waals surface area contributed by atoms with E-state index in [4.69, 9.17) is 14.0 Å². The average Bonchev–Trinajstić information content (AvgIpc) is 3.37. The van der Waals surface area contributed by atoms with Crippen LogP contribution in [-0.4, -0.2) is 68.0 Å². The molecule has 0 radical (unpaired) electrons. The zero-order valence-electron chi connectivity index (χ0n) is 22.7. The van der Waals surface area contributed by atoms with E-state index in [2.05, 4.69) is 18.7 Å². The lowest BCUT2D eigenvalue weighted by molar-refractivity contribution is -0.138. The molecule has 0 saturated carbocycles. The molecule has 1 fully saturated rings. The first kappa shape index (κ1) is 32.6. The van der Waals surface area contributed by atoms with Crippen LogP contribution in [0.2, 0.25) is 0 Å². The summed E-state index contributed by atoms with van der Waals surface area (Å²) >= 11 is 0. The van der Waals surface area contributed by atoms with E-state index in [-0.39, 0.29) is 19.4 Å². The van der Waals surface area contributed by atoms with Crippen LogP contribution >= 0.6 is 7.60 Å². The summed E-state index contributed by atoms with van der Waals surface area (Å²) in [6, 6.07) is 0. The molecule has 1 aliphatic rings. The minimum absolute atomic E-state index is 0.0960. The molecule has 8 heteroatoms. The third-order valence-electron chi connectivity index (χ3n) is 7.13. The third kappa shape index (κ3) is 18.4. The molecule has 0 amide bonds. The Hall–Kier alpha value is -0.460. The van der Waals surface area contributed by atoms with Crippen LogP contribution in [-0.2, 0) is 23.4 Å². The highest BCUT2D eigenvalue weighted by molar-refractivity contribution is 7.52. The van der Waals surface area contributed by atoms with Crippen LogP contribution in [0.1, 0.15) is 110 Å². The Morgan fingerprint density at radius 2 is 1.54 bits per heavy atom. The van der Waals surface area contributed by atoms with Crippen molar-refractivity contribution < 1.29 is 28.3 Å². The van der Waals surface area contributed by atoms with Crippen molar-refractivity contribution in [3.63, 3.8) is 0 Å². The third-order valence-corrected chi connectivity index (χ3v) is 8.44. The predicted octanol–water partition coefficient (Wildman–Crippen LogP) is 6.57. The molecule has 3 atom stereocenters. The van der Waals surface area contributed by atoms with Crippen LogP contribution in [0, 0.1) is 5.92 Å². The second kappa shape index (κ2) is 21.6. The van der Waals surface area contributed by atoms with Crippen molar-refractivity contribution in [1.82, 2.24) is 4.90 Å². The van der Waals surface area contributed by atoms with Crippen LogP contribution in [0.4, 0.5) is 0 Å². The quantitative estimate of drug-likeness (QED) is 0.0829. The van der Waals surface area contributed by atoms with Gasteiger partial charge in [0.15, 0.2) is 0 Å². The lowest BCUT2D eigenvalue weighted by Gasteiger charge is -2.21. The molecule has 0 spiro atoms. The van der Waals surface area contributed by atoms with Gasteiger partial charge in [-0.25, -0.2) is 0 Å². The molecule has 35 heavy (non-hydrogen) atoms. The molecular formula is C27H54NO6P. The molecule has 1 N–H and O–H groups in total. The van der Waals surface area contributed by atoms with Gasteiger partial charge in [0, 0.05) is 13.2 Å². The van der Waals surface area contributed by atoms with E-state index in [0.717, 1.165) is 38.8 Å². The molecule has 0 aromatic heterocycles. The van der Waals surface area contributed by atoms with E-state index in [1.165, 1.54) is 70.6 Å². The van der Waals surface area contributed by atoms with Gasteiger partial charge in [-0.3, -0.25) is 9.36 Å². The van der Waals surface area contributed by atoms with Crippen LogP contribution in [0.5, 0.6) is 0 Å². The van der Waals surface area contributed by atoms with E-state index >= 15 is 0 Å². The number of carbonyl (C=O) groups excluding carboxylic acids is 1. The average molecular weight is 520 g/mol. The summed E-state index contributed by atoms with van der Waals surface area (Å²) in [5.41, 5.74) is 0. The fourth-order valence-electron chi connectivity index (χ4n) is 4.68. The minimum atomic E-state index is -3.71. The standard InChI is InChI=1S/C27H54NO6P/c1-3-5-6-7-8-9-10-11-12-13-16-26(4-2)17-21-32-23-27(33-25-29)24-34-35(30,31)22-20-28-18-14-15-19-28/h25-27H,3-24H2,1-2H3,(H,30,31). The fourth-order valence-corrected chi connectivity index (χ4v) is 5.75. The number of rotatable bonds is 25. The Kier molecular flexibility index (Phi) is 20.1. The normalized spacial score (nSPS) is 17.8. The summed E-state index contributed by atoms with van der Waals surface area (Å²) in [4.78, 5) is 23.1. The topological polar surface area (TPSA) is 85.3 Å². The Balaban J connectivity index is 2.10. The summed E-state index contributed by atoms with van der Waals surface area (Å²) in [5, 5.41) is 0. The number of carbonyl (C=O) groups is 1. The Morgan fingerprint density at radius 1 is 0.914 bits per heavy atom. The fraction of sp³-hybridized carbons (Fsp3) is 0.963. The zero-order chi connectivity index (χ0) is 25.6. The van der Waals surface area contributed by atoms with E-state index in [1.54, 1.807) is 0 Å². The van der Waals surface area contributed by atoms with Gasteiger partial charge in [0.1, 0.15) is 6.10 Å². The second-order valence-corrected chi connectivity index (χ2v) is 12.1. The van der Waals surface area contributed by atoms with E-state index < -0.39 is 13.7 Å². The summed E-state index contributed by atoms with van der Waals surface area (Å²) < 4.78 is 28.3. The van der Waals surface area contributed by atoms with Gasteiger partial charge < -0.3 is 23.8 Å². The molecule has 1 rings (SSSR count). The van der Waals surface area contributed by atoms with Gasteiger partial charge in [-0.15, -0.1) is 0 Å². The highest BCUT2D eigenvalue weighted by Gasteiger charge is 2.24. The number of unbranched alkanes of at least 4 members (excludes halogenated alkanes) is 9. The molecule has 1 heterocycles. The second-order valence-electron chi connectivity index (χ2n) is 10.2. The van der Waals surface area contributed by atoms with Crippen molar-refractivity contribution in [3.05, 3.63) is 0 Å². The lowest BCUT2D eigenvalue weighted by Crippen LogP contribution is -2.27. The minimum Gasteiger partial charge on any atom is -0.460 e. The molecular weight excluding hydrogens is 465 g/mol. The van der Waals surface area contributed by atoms with Crippen molar-refractivity contribution in [3.8, 4) is 0 Å². The first-order valence-electron chi connectivity index (χ1n) is 14.4.